The summed E-state index contributed by atoms with van der Waals surface area (Å²) in [6.07, 6.45) is -0.144. The van der Waals surface area contributed by atoms with Crippen LogP contribution < -0.4 is 5.32 Å². The Bertz CT molecular complexity index is 935. The Morgan fingerprint density at radius 2 is 1.92 bits per heavy atom. The highest BCUT2D eigenvalue weighted by Gasteiger charge is 2.27. The van der Waals surface area contributed by atoms with Crippen molar-refractivity contribution in [1.82, 2.24) is 15.0 Å². The summed E-state index contributed by atoms with van der Waals surface area (Å²) in [7, 11) is 0. The molecule has 0 fully saturated rings. The maximum atomic E-state index is 12.5. The van der Waals surface area contributed by atoms with E-state index >= 15 is 0 Å². The lowest BCUT2D eigenvalue weighted by molar-refractivity contribution is -0.00171. The maximum Gasteiger partial charge on any atom is 0.278 e. The van der Waals surface area contributed by atoms with Gasteiger partial charge in [-0.15, -0.1) is 5.10 Å². The number of rotatable bonds is 3. The molecular weight excluding hydrogens is 352 g/mol. The van der Waals surface area contributed by atoms with E-state index in [-0.39, 0.29) is 18.6 Å². The van der Waals surface area contributed by atoms with Gasteiger partial charge in [0.1, 0.15) is 6.10 Å². The van der Waals surface area contributed by atoms with Crippen LogP contribution in [0.2, 0.25) is 5.02 Å². The zero-order valence-electron chi connectivity index (χ0n) is 14.1. The lowest BCUT2D eigenvalue weighted by Crippen LogP contribution is -2.24. The van der Waals surface area contributed by atoms with E-state index in [2.05, 4.69) is 15.6 Å². The second-order valence-corrected chi connectivity index (χ2v) is 6.67. The number of nitrogens with one attached hydrogen (secondary N) is 1. The number of ether oxygens (including phenoxy) is 1. The molecule has 1 atom stereocenters. The van der Waals surface area contributed by atoms with Gasteiger partial charge in [0.25, 0.3) is 5.91 Å². The van der Waals surface area contributed by atoms with Crippen LogP contribution in [0.1, 0.15) is 33.4 Å². The molecule has 26 heavy (non-hydrogen) atoms. The monoisotopic (exact) mass is 368 g/mol. The highest BCUT2D eigenvalue weighted by Crippen LogP contribution is 2.28. The van der Waals surface area contributed by atoms with Gasteiger partial charge in [-0.25, -0.2) is 4.68 Å². The number of aryl methyl sites for hydroxylation is 1. The van der Waals surface area contributed by atoms with E-state index in [1.165, 1.54) is 0 Å². The molecule has 4 rings (SSSR count). The lowest BCUT2D eigenvalue weighted by Gasteiger charge is -2.24. The smallest absolute Gasteiger partial charge is 0.278 e. The second kappa shape index (κ2) is 6.90. The molecule has 3 aromatic rings. The molecule has 0 saturated carbocycles. The first kappa shape index (κ1) is 16.8. The second-order valence-electron chi connectivity index (χ2n) is 6.24. The summed E-state index contributed by atoms with van der Waals surface area (Å²) in [6, 6.07) is 15.1. The number of hydrogen-bond acceptors (Lipinski definition) is 4. The fraction of sp³-hybridized carbons (Fsp3) is 0.211. The molecule has 0 unspecified atom stereocenters. The quantitative estimate of drug-likeness (QED) is 0.764. The Morgan fingerprint density at radius 3 is 2.65 bits per heavy atom. The zero-order chi connectivity index (χ0) is 18.1. The first-order chi connectivity index (χ1) is 12.6. The van der Waals surface area contributed by atoms with Gasteiger partial charge in [0.2, 0.25) is 0 Å². The van der Waals surface area contributed by atoms with E-state index in [4.69, 9.17) is 16.3 Å². The van der Waals surface area contributed by atoms with Crippen LogP contribution in [0.5, 0.6) is 0 Å². The fourth-order valence-electron chi connectivity index (χ4n) is 2.89. The Morgan fingerprint density at radius 1 is 1.19 bits per heavy atom. The Kier molecular flexibility index (Phi) is 4.44. The first-order valence-corrected chi connectivity index (χ1v) is 8.65. The molecule has 0 aliphatic carbocycles. The normalized spacial score (nSPS) is 16.2. The van der Waals surface area contributed by atoms with Crippen LogP contribution in [0.25, 0.3) is 0 Å². The maximum absolute atomic E-state index is 12.5. The molecule has 132 valence electrons. The molecule has 1 aliphatic heterocycles. The molecule has 2 aromatic carbocycles. The van der Waals surface area contributed by atoms with Gasteiger partial charge in [-0.2, -0.15) is 0 Å². The van der Waals surface area contributed by atoms with Crippen molar-refractivity contribution in [3.63, 3.8) is 0 Å². The average molecular weight is 369 g/mol. The topological polar surface area (TPSA) is 69.0 Å². The van der Waals surface area contributed by atoms with E-state index in [1.54, 1.807) is 4.68 Å². The number of hydrogen-bond donors (Lipinski definition) is 1. The standard InChI is InChI=1S/C19H17ClN4O2/c1-12-2-8-15(9-3-12)21-19(25)18-16-11-26-17(10-24(16)23-22-18)13-4-6-14(20)7-5-13/h2-9,17H,10-11H2,1H3,(H,21,25)/t17-/m0/s1. The summed E-state index contributed by atoms with van der Waals surface area (Å²) >= 11 is 5.93. The van der Waals surface area contributed by atoms with Crippen molar-refractivity contribution in [2.45, 2.75) is 26.2 Å². The highest BCUT2D eigenvalue weighted by molar-refractivity contribution is 6.30. The SMILES string of the molecule is Cc1ccc(NC(=O)c2nnn3c2CO[C@H](c2ccc(Cl)cc2)C3)cc1. The van der Waals surface area contributed by atoms with Crippen molar-refractivity contribution in [1.29, 1.82) is 0 Å². The predicted octanol–water partition coefficient (Wildman–Crippen LogP) is 3.76. The van der Waals surface area contributed by atoms with Crippen molar-refractivity contribution in [3.8, 4) is 0 Å². The number of benzene rings is 2. The summed E-state index contributed by atoms with van der Waals surface area (Å²) in [5, 5.41) is 11.7. The number of nitrogens with zero attached hydrogens (tertiary/aromatic N) is 3. The minimum atomic E-state index is -0.288. The van der Waals surface area contributed by atoms with Crippen molar-refractivity contribution in [2.24, 2.45) is 0 Å². The lowest BCUT2D eigenvalue weighted by atomic mass is 10.1. The molecule has 0 radical (unpaired) electrons. The summed E-state index contributed by atoms with van der Waals surface area (Å²) in [5.74, 6) is -0.288. The average Bonchev–Trinajstić information content (AvgIpc) is 3.07. The summed E-state index contributed by atoms with van der Waals surface area (Å²) in [5.41, 5.74) is 3.84. The van der Waals surface area contributed by atoms with E-state index < -0.39 is 0 Å². The minimum Gasteiger partial charge on any atom is -0.365 e. The van der Waals surface area contributed by atoms with Crippen LogP contribution in [0.15, 0.2) is 48.5 Å². The predicted molar refractivity (Wildman–Crippen MR) is 98.1 cm³/mol. The highest BCUT2D eigenvalue weighted by atomic mass is 35.5. The van der Waals surface area contributed by atoms with Crippen LogP contribution in [0.4, 0.5) is 5.69 Å². The van der Waals surface area contributed by atoms with E-state index in [1.807, 2.05) is 55.5 Å². The van der Waals surface area contributed by atoms with Crippen LogP contribution in [-0.4, -0.2) is 20.9 Å². The molecule has 0 bridgehead atoms. The molecule has 7 heteroatoms. The van der Waals surface area contributed by atoms with E-state index in [9.17, 15) is 4.79 Å². The minimum absolute atomic E-state index is 0.144. The molecule has 1 aromatic heterocycles. The van der Waals surface area contributed by atoms with Gasteiger partial charge in [0.15, 0.2) is 5.69 Å². The Balaban J connectivity index is 1.51. The largest absolute Gasteiger partial charge is 0.365 e. The molecule has 6 nitrogen and oxygen atoms in total. The van der Waals surface area contributed by atoms with Gasteiger partial charge in [0, 0.05) is 10.7 Å². The van der Waals surface area contributed by atoms with Crippen molar-refractivity contribution >= 4 is 23.2 Å². The molecule has 1 aliphatic rings. The fourth-order valence-corrected chi connectivity index (χ4v) is 3.02. The van der Waals surface area contributed by atoms with Gasteiger partial charge in [-0.1, -0.05) is 46.6 Å². The molecular formula is C19H17ClN4O2. The zero-order valence-corrected chi connectivity index (χ0v) is 14.9. The van der Waals surface area contributed by atoms with Gasteiger partial charge >= 0.3 is 0 Å². The van der Waals surface area contributed by atoms with E-state index in [0.717, 1.165) is 16.8 Å². The number of halogens is 1. The third-order valence-corrected chi connectivity index (χ3v) is 4.62. The molecule has 1 N–H and O–H groups in total. The third kappa shape index (κ3) is 3.34. The van der Waals surface area contributed by atoms with Crippen LogP contribution in [0, 0.1) is 6.92 Å². The van der Waals surface area contributed by atoms with Gasteiger partial charge in [0.05, 0.1) is 18.8 Å². The van der Waals surface area contributed by atoms with Crippen molar-refractivity contribution < 1.29 is 9.53 Å². The molecule has 2 heterocycles. The van der Waals surface area contributed by atoms with Gasteiger partial charge < -0.3 is 10.1 Å². The molecule has 1 amide bonds. The van der Waals surface area contributed by atoms with Crippen LogP contribution in [0.3, 0.4) is 0 Å². The van der Waals surface area contributed by atoms with Crippen molar-refractivity contribution in [2.75, 3.05) is 5.32 Å². The summed E-state index contributed by atoms with van der Waals surface area (Å²) in [6.45, 7) is 2.77. The number of fused-ring (bicyclic) bond motifs is 1. The summed E-state index contributed by atoms with van der Waals surface area (Å²) in [4.78, 5) is 12.5. The Hall–Kier alpha value is -2.70. The van der Waals surface area contributed by atoms with Crippen LogP contribution >= 0.6 is 11.6 Å². The number of carbonyl (C=O) groups excluding carboxylic acids is 1. The molecule has 0 spiro atoms. The Labute approximate surface area is 155 Å². The first-order valence-electron chi connectivity index (χ1n) is 8.27. The molecule has 0 saturated heterocycles. The number of carbonyl (C=O) groups is 1. The number of aromatic nitrogens is 3. The summed E-state index contributed by atoms with van der Waals surface area (Å²) < 4.78 is 7.65. The van der Waals surface area contributed by atoms with Gasteiger partial charge in [-0.05, 0) is 36.8 Å². The number of amides is 1. The van der Waals surface area contributed by atoms with E-state index in [0.29, 0.717) is 23.0 Å². The van der Waals surface area contributed by atoms with Gasteiger partial charge in [-0.3, -0.25) is 4.79 Å². The van der Waals surface area contributed by atoms with Crippen LogP contribution in [-0.2, 0) is 17.9 Å². The third-order valence-electron chi connectivity index (χ3n) is 4.36. The van der Waals surface area contributed by atoms with Crippen molar-refractivity contribution in [3.05, 3.63) is 76.1 Å². The number of anilines is 1.